The van der Waals surface area contributed by atoms with Gasteiger partial charge in [0.25, 0.3) is 0 Å². The summed E-state index contributed by atoms with van der Waals surface area (Å²) in [7, 11) is 0. The van der Waals surface area contributed by atoms with Gasteiger partial charge >= 0.3 is 0 Å². The van der Waals surface area contributed by atoms with Crippen LogP contribution in [-0.2, 0) is 25.9 Å². The highest BCUT2D eigenvalue weighted by Gasteiger charge is 2.17. The summed E-state index contributed by atoms with van der Waals surface area (Å²) < 4.78 is 11.5. The molecule has 0 aliphatic carbocycles. The average Bonchev–Trinajstić information content (AvgIpc) is 3.02. The van der Waals surface area contributed by atoms with E-state index in [0.29, 0.717) is 29.5 Å². The highest BCUT2D eigenvalue weighted by Crippen LogP contribution is 2.27. The Labute approximate surface area is 163 Å². The van der Waals surface area contributed by atoms with Crippen LogP contribution in [-0.4, -0.2) is 5.16 Å². The Morgan fingerprint density at radius 2 is 1.62 bits per heavy atom. The fraction of sp³-hybridized carbons (Fsp3) is 0.286. The van der Waals surface area contributed by atoms with Crippen LogP contribution in [0.25, 0.3) is 0 Å². The van der Waals surface area contributed by atoms with E-state index in [1.54, 1.807) is 0 Å². The maximum absolute atomic E-state index is 6.28. The van der Waals surface area contributed by atoms with Gasteiger partial charge in [-0.2, -0.15) is 0 Å². The summed E-state index contributed by atoms with van der Waals surface area (Å²) in [6, 6.07) is 15.3. The van der Waals surface area contributed by atoms with Crippen molar-refractivity contribution in [2.75, 3.05) is 0 Å². The van der Waals surface area contributed by atoms with Crippen molar-refractivity contribution >= 4 is 23.2 Å². The van der Waals surface area contributed by atoms with Crippen LogP contribution >= 0.6 is 23.2 Å². The Morgan fingerprint density at radius 3 is 2.31 bits per heavy atom. The molecule has 2 aromatic carbocycles. The Bertz CT molecular complexity index is 826. The second kappa shape index (κ2) is 9.11. The van der Waals surface area contributed by atoms with E-state index in [1.165, 1.54) is 0 Å². The Hall–Kier alpha value is -1.97. The minimum absolute atomic E-state index is 0.439. The lowest BCUT2D eigenvalue weighted by Crippen LogP contribution is -2.03. The Morgan fingerprint density at radius 1 is 0.885 bits per heavy atom. The van der Waals surface area contributed by atoms with Gasteiger partial charge in [-0.15, -0.1) is 0 Å². The predicted molar refractivity (Wildman–Crippen MR) is 105 cm³/mol. The summed E-state index contributed by atoms with van der Waals surface area (Å²) in [4.78, 5) is 0. The molecule has 1 heterocycles. The topological polar surface area (TPSA) is 35.3 Å². The van der Waals surface area contributed by atoms with Crippen LogP contribution in [0, 0.1) is 0 Å². The normalized spacial score (nSPS) is 10.9. The zero-order chi connectivity index (χ0) is 18.4. The molecule has 0 atom stereocenters. The molecule has 136 valence electrons. The molecule has 0 unspecified atom stereocenters. The van der Waals surface area contributed by atoms with Crippen molar-refractivity contribution < 1.29 is 9.26 Å². The maximum Gasteiger partial charge on any atom is 0.143 e. The van der Waals surface area contributed by atoms with Gasteiger partial charge in [-0.3, -0.25) is 0 Å². The third-order valence-corrected chi connectivity index (χ3v) is 4.94. The number of hydrogen-bond acceptors (Lipinski definition) is 3. The molecular weight excluding hydrogens is 369 g/mol. The molecule has 0 spiro atoms. The summed E-state index contributed by atoms with van der Waals surface area (Å²) in [6.07, 6.45) is 3.23. The van der Waals surface area contributed by atoms with Gasteiger partial charge in [0.05, 0.1) is 11.3 Å². The lowest BCUT2D eigenvalue weighted by molar-refractivity contribution is 0.300. The smallest absolute Gasteiger partial charge is 0.143 e. The van der Waals surface area contributed by atoms with E-state index in [4.69, 9.17) is 32.5 Å². The fourth-order valence-electron chi connectivity index (χ4n) is 2.85. The molecule has 0 N–H and O–H groups in total. The van der Waals surface area contributed by atoms with Gasteiger partial charge in [-0.05, 0) is 49.1 Å². The van der Waals surface area contributed by atoms with E-state index >= 15 is 0 Å². The molecule has 3 nitrogen and oxygen atoms in total. The number of ether oxygens (including phenoxy) is 1. The van der Waals surface area contributed by atoms with Gasteiger partial charge in [-0.1, -0.05) is 59.5 Å². The summed E-state index contributed by atoms with van der Waals surface area (Å²) >= 11 is 12.6. The van der Waals surface area contributed by atoms with Crippen molar-refractivity contribution in [1.29, 1.82) is 0 Å². The summed E-state index contributed by atoms with van der Waals surface area (Å²) in [6.45, 7) is 2.56. The van der Waals surface area contributed by atoms with Crippen LogP contribution in [0.4, 0.5) is 0 Å². The van der Waals surface area contributed by atoms with Crippen molar-refractivity contribution in [3.05, 3.63) is 81.2 Å². The molecule has 0 fully saturated rings. The van der Waals surface area contributed by atoms with Gasteiger partial charge in [0, 0.05) is 16.5 Å². The first kappa shape index (κ1) is 18.8. The second-order valence-corrected chi connectivity index (χ2v) is 6.90. The van der Waals surface area contributed by atoms with Gasteiger partial charge in [0.1, 0.15) is 18.1 Å². The highest BCUT2D eigenvalue weighted by atomic mass is 35.5. The van der Waals surface area contributed by atoms with E-state index < -0.39 is 0 Å². The molecule has 0 aliphatic heterocycles. The minimum atomic E-state index is 0.439. The van der Waals surface area contributed by atoms with Crippen LogP contribution in [0.2, 0.25) is 10.0 Å². The molecule has 0 aliphatic rings. The van der Waals surface area contributed by atoms with E-state index in [9.17, 15) is 0 Å². The average molecular weight is 390 g/mol. The summed E-state index contributed by atoms with van der Waals surface area (Å²) in [5.74, 6) is 1.72. The molecule has 0 saturated carbocycles. The van der Waals surface area contributed by atoms with Gasteiger partial charge in [-0.25, -0.2) is 0 Å². The minimum Gasteiger partial charge on any atom is -0.489 e. The molecule has 0 saturated heterocycles. The van der Waals surface area contributed by atoms with Crippen molar-refractivity contribution in [3.8, 4) is 5.75 Å². The fourth-order valence-corrected chi connectivity index (χ4v) is 3.44. The first-order chi connectivity index (χ1) is 12.7. The standard InChI is InChI=1S/C21H21Cl2NO2/c1-2-7-21-17(14-25-15-8-4-3-5-9-15)20(24-26-21)13-12-16-18(22)10-6-11-19(16)23/h3-6,8-11H,2,7,12-14H2,1H3. The number of rotatable bonds is 8. The largest absolute Gasteiger partial charge is 0.489 e. The zero-order valence-electron chi connectivity index (χ0n) is 14.7. The van der Waals surface area contributed by atoms with Gasteiger partial charge in [0.15, 0.2) is 0 Å². The molecule has 5 heteroatoms. The number of aryl methyl sites for hydroxylation is 2. The molecule has 26 heavy (non-hydrogen) atoms. The van der Waals surface area contributed by atoms with Crippen LogP contribution in [0.3, 0.4) is 0 Å². The number of para-hydroxylation sites is 1. The van der Waals surface area contributed by atoms with E-state index in [1.807, 2.05) is 48.5 Å². The summed E-state index contributed by atoms with van der Waals surface area (Å²) in [5, 5.41) is 5.64. The van der Waals surface area contributed by atoms with Gasteiger partial charge < -0.3 is 9.26 Å². The number of halogens is 2. The molecule has 3 rings (SSSR count). The number of hydrogen-bond donors (Lipinski definition) is 0. The Balaban J connectivity index is 1.76. The SMILES string of the molecule is CCCc1onc(CCc2c(Cl)cccc2Cl)c1COc1ccccc1. The second-order valence-electron chi connectivity index (χ2n) is 6.08. The van der Waals surface area contributed by atoms with E-state index in [2.05, 4.69) is 12.1 Å². The molecule has 3 aromatic rings. The van der Waals surface area contributed by atoms with Crippen LogP contribution in [0.5, 0.6) is 5.75 Å². The lowest BCUT2D eigenvalue weighted by Gasteiger charge is -2.09. The number of benzene rings is 2. The van der Waals surface area contributed by atoms with Crippen molar-refractivity contribution in [3.63, 3.8) is 0 Å². The van der Waals surface area contributed by atoms with Crippen LogP contribution < -0.4 is 4.74 Å². The van der Waals surface area contributed by atoms with E-state index in [-0.39, 0.29) is 0 Å². The van der Waals surface area contributed by atoms with E-state index in [0.717, 1.165) is 41.2 Å². The van der Waals surface area contributed by atoms with Crippen LogP contribution in [0.1, 0.15) is 35.9 Å². The maximum atomic E-state index is 6.28. The third kappa shape index (κ3) is 4.60. The molecule has 0 bridgehead atoms. The first-order valence-electron chi connectivity index (χ1n) is 8.76. The first-order valence-corrected chi connectivity index (χ1v) is 9.51. The predicted octanol–water partition coefficient (Wildman–Crippen LogP) is 6.30. The number of nitrogens with zero attached hydrogens (tertiary/aromatic N) is 1. The lowest BCUT2D eigenvalue weighted by atomic mass is 10.0. The number of aromatic nitrogens is 1. The zero-order valence-corrected chi connectivity index (χ0v) is 16.2. The monoisotopic (exact) mass is 389 g/mol. The summed E-state index contributed by atoms with van der Waals surface area (Å²) in [5.41, 5.74) is 2.87. The third-order valence-electron chi connectivity index (χ3n) is 4.23. The highest BCUT2D eigenvalue weighted by molar-refractivity contribution is 6.35. The van der Waals surface area contributed by atoms with Gasteiger partial charge in [0.2, 0.25) is 0 Å². The van der Waals surface area contributed by atoms with Crippen molar-refractivity contribution in [2.24, 2.45) is 0 Å². The van der Waals surface area contributed by atoms with Crippen molar-refractivity contribution in [1.82, 2.24) is 5.16 Å². The Kier molecular flexibility index (Phi) is 6.59. The molecular formula is C21H21Cl2NO2. The molecule has 0 radical (unpaired) electrons. The molecule has 1 aromatic heterocycles. The van der Waals surface area contributed by atoms with Crippen molar-refractivity contribution in [2.45, 2.75) is 39.2 Å². The quantitative estimate of drug-likeness (QED) is 0.453. The molecule has 0 amide bonds. The van der Waals surface area contributed by atoms with Crippen LogP contribution in [0.15, 0.2) is 53.1 Å².